The molecule has 1 atom stereocenters. The molecule has 3 heterocycles. The van der Waals surface area contributed by atoms with Crippen LogP contribution in [0.1, 0.15) is 37.3 Å². The summed E-state index contributed by atoms with van der Waals surface area (Å²) in [6.07, 6.45) is 5.94. The number of aromatic nitrogens is 2. The van der Waals surface area contributed by atoms with Gasteiger partial charge in [-0.1, -0.05) is 12.1 Å². The molecule has 1 aromatic carbocycles. The fraction of sp³-hybridized carbons (Fsp3) is 0.476. The number of nitrogens with zero attached hydrogens (tertiary/aromatic N) is 4. The molecule has 1 aromatic heterocycles. The monoisotopic (exact) mass is 383 g/mol. The predicted molar refractivity (Wildman–Crippen MR) is 106 cm³/mol. The van der Waals surface area contributed by atoms with Crippen LogP contribution in [0, 0.1) is 5.82 Å². The van der Waals surface area contributed by atoms with Gasteiger partial charge in [-0.15, -0.1) is 0 Å². The maximum Gasteiger partial charge on any atom is 0.236 e. The van der Waals surface area contributed by atoms with Crippen LogP contribution in [-0.4, -0.2) is 58.4 Å². The van der Waals surface area contributed by atoms with Crippen LogP contribution in [0.4, 0.5) is 10.3 Å². The summed E-state index contributed by atoms with van der Waals surface area (Å²) in [5.74, 6) is 0.234. The molecule has 148 valence electrons. The number of hydrogen-bond acceptors (Lipinski definition) is 5. The molecule has 0 bridgehead atoms. The number of benzene rings is 1. The van der Waals surface area contributed by atoms with Crippen molar-refractivity contribution in [3.8, 4) is 11.1 Å². The summed E-state index contributed by atoms with van der Waals surface area (Å²) in [7, 11) is 0. The first kappa shape index (κ1) is 18.8. The molecule has 0 radical (unpaired) electrons. The van der Waals surface area contributed by atoms with Crippen LogP contribution < -0.4 is 5.73 Å². The van der Waals surface area contributed by atoms with Gasteiger partial charge in [0.05, 0.1) is 12.2 Å². The van der Waals surface area contributed by atoms with Crippen molar-refractivity contribution < 1.29 is 9.18 Å². The first-order valence-corrected chi connectivity index (χ1v) is 9.98. The first-order chi connectivity index (χ1) is 13.6. The van der Waals surface area contributed by atoms with E-state index in [4.69, 9.17) is 5.73 Å². The molecule has 2 saturated heterocycles. The topological polar surface area (TPSA) is 75.3 Å². The highest BCUT2D eigenvalue weighted by atomic mass is 19.1. The van der Waals surface area contributed by atoms with Gasteiger partial charge in [0.25, 0.3) is 0 Å². The lowest BCUT2D eigenvalue weighted by atomic mass is 9.90. The number of nitrogen functional groups attached to an aromatic ring is 1. The van der Waals surface area contributed by atoms with Crippen molar-refractivity contribution in [1.82, 2.24) is 19.8 Å². The van der Waals surface area contributed by atoms with Crippen LogP contribution in [0.25, 0.3) is 11.1 Å². The van der Waals surface area contributed by atoms with Gasteiger partial charge >= 0.3 is 0 Å². The third kappa shape index (κ3) is 4.14. The molecule has 1 amide bonds. The van der Waals surface area contributed by atoms with Gasteiger partial charge in [-0.05, 0) is 56.5 Å². The molecule has 0 aliphatic carbocycles. The fourth-order valence-corrected chi connectivity index (χ4v) is 4.23. The van der Waals surface area contributed by atoms with Crippen LogP contribution in [0.3, 0.4) is 0 Å². The van der Waals surface area contributed by atoms with E-state index in [9.17, 15) is 9.18 Å². The Bertz CT molecular complexity index is 835. The first-order valence-electron chi connectivity index (χ1n) is 9.98. The number of rotatable bonds is 4. The lowest BCUT2D eigenvalue weighted by Crippen LogP contribution is -2.44. The molecule has 28 heavy (non-hydrogen) atoms. The van der Waals surface area contributed by atoms with Gasteiger partial charge < -0.3 is 10.6 Å². The van der Waals surface area contributed by atoms with Crippen molar-refractivity contribution in [2.75, 3.05) is 38.5 Å². The summed E-state index contributed by atoms with van der Waals surface area (Å²) in [5.41, 5.74) is 8.43. The van der Waals surface area contributed by atoms with Crippen LogP contribution >= 0.6 is 0 Å². The summed E-state index contributed by atoms with van der Waals surface area (Å²) in [6, 6.07) is 6.32. The summed E-state index contributed by atoms with van der Waals surface area (Å²) in [4.78, 5) is 25.6. The van der Waals surface area contributed by atoms with Crippen molar-refractivity contribution in [2.24, 2.45) is 0 Å². The van der Waals surface area contributed by atoms with Gasteiger partial charge in [0, 0.05) is 30.8 Å². The number of nitrogens with two attached hydrogens (primary N) is 1. The Morgan fingerprint density at radius 3 is 2.64 bits per heavy atom. The molecule has 2 aliphatic rings. The van der Waals surface area contributed by atoms with Crippen molar-refractivity contribution in [3.05, 3.63) is 42.0 Å². The molecular weight excluding hydrogens is 357 g/mol. The number of likely N-dealkylation sites (tertiary alicyclic amines) is 2. The van der Waals surface area contributed by atoms with Crippen molar-refractivity contribution in [1.29, 1.82) is 0 Å². The van der Waals surface area contributed by atoms with E-state index < -0.39 is 0 Å². The van der Waals surface area contributed by atoms with E-state index in [2.05, 4.69) is 14.9 Å². The zero-order valence-electron chi connectivity index (χ0n) is 16.0. The van der Waals surface area contributed by atoms with Gasteiger partial charge in [-0.3, -0.25) is 9.69 Å². The van der Waals surface area contributed by atoms with Crippen molar-refractivity contribution in [2.45, 2.75) is 31.6 Å². The highest BCUT2D eigenvalue weighted by Crippen LogP contribution is 2.33. The van der Waals surface area contributed by atoms with E-state index in [1.807, 2.05) is 4.90 Å². The summed E-state index contributed by atoms with van der Waals surface area (Å²) >= 11 is 0. The summed E-state index contributed by atoms with van der Waals surface area (Å²) < 4.78 is 13.3. The lowest BCUT2D eigenvalue weighted by molar-refractivity contribution is -0.133. The second-order valence-corrected chi connectivity index (χ2v) is 7.70. The Balaban J connectivity index is 1.55. The minimum atomic E-state index is -0.280. The van der Waals surface area contributed by atoms with Gasteiger partial charge in [0.15, 0.2) is 0 Å². The quantitative estimate of drug-likeness (QED) is 0.879. The highest BCUT2D eigenvalue weighted by Gasteiger charge is 2.29. The Morgan fingerprint density at radius 2 is 1.89 bits per heavy atom. The predicted octanol–water partition coefficient (Wildman–Crippen LogP) is 2.67. The number of halogens is 1. The standard InChI is InChI=1S/C21H26FN5O/c22-17-7-5-15(6-8-17)18-12-24-21(23)25-20(18)16-4-3-11-27(13-16)19(28)14-26-9-1-2-10-26/h5-8,12,16H,1-4,9-11,13-14H2,(H2,23,24,25)/t16-/m0/s1. The van der Waals surface area contributed by atoms with Gasteiger partial charge in [-0.25, -0.2) is 14.4 Å². The maximum atomic E-state index is 13.3. The molecule has 4 rings (SSSR count). The second-order valence-electron chi connectivity index (χ2n) is 7.70. The molecule has 0 saturated carbocycles. The largest absolute Gasteiger partial charge is 0.368 e. The number of amides is 1. The van der Waals surface area contributed by atoms with Crippen molar-refractivity contribution in [3.63, 3.8) is 0 Å². The van der Waals surface area contributed by atoms with E-state index in [-0.39, 0.29) is 23.6 Å². The normalized spacial score (nSPS) is 20.5. The van der Waals surface area contributed by atoms with Gasteiger partial charge in [-0.2, -0.15) is 0 Å². The minimum absolute atomic E-state index is 0.0987. The summed E-state index contributed by atoms with van der Waals surface area (Å²) in [6.45, 7) is 3.96. The smallest absolute Gasteiger partial charge is 0.236 e. The van der Waals surface area contributed by atoms with Crippen LogP contribution in [0.2, 0.25) is 0 Å². The van der Waals surface area contributed by atoms with E-state index in [0.29, 0.717) is 13.1 Å². The third-order valence-electron chi connectivity index (χ3n) is 5.71. The average Bonchev–Trinajstić information content (AvgIpc) is 3.22. The molecular formula is C21H26FN5O. The molecule has 2 aromatic rings. The zero-order chi connectivity index (χ0) is 19.5. The molecule has 6 nitrogen and oxygen atoms in total. The van der Waals surface area contributed by atoms with Gasteiger partial charge in [0.2, 0.25) is 11.9 Å². The number of carbonyl (C=O) groups is 1. The van der Waals surface area contributed by atoms with E-state index in [0.717, 1.165) is 49.3 Å². The Kier molecular flexibility index (Phi) is 5.52. The second kappa shape index (κ2) is 8.22. The van der Waals surface area contributed by atoms with E-state index in [1.165, 1.54) is 25.0 Å². The number of carbonyl (C=O) groups excluding carboxylic acids is 1. The molecule has 2 aliphatic heterocycles. The minimum Gasteiger partial charge on any atom is -0.368 e. The SMILES string of the molecule is Nc1ncc(-c2ccc(F)cc2)c([C@H]2CCCN(C(=O)CN3CCCC3)C2)n1. The van der Waals surface area contributed by atoms with Crippen LogP contribution in [0.15, 0.2) is 30.5 Å². The van der Waals surface area contributed by atoms with E-state index in [1.54, 1.807) is 18.3 Å². The van der Waals surface area contributed by atoms with Crippen molar-refractivity contribution >= 4 is 11.9 Å². The molecule has 2 fully saturated rings. The van der Waals surface area contributed by atoms with Gasteiger partial charge in [0.1, 0.15) is 5.82 Å². The Labute approximate surface area is 164 Å². The zero-order valence-corrected chi connectivity index (χ0v) is 16.0. The fourth-order valence-electron chi connectivity index (χ4n) is 4.23. The number of hydrogen-bond donors (Lipinski definition) is 1. The third-order valence-corrected chi connectivity index (χ3v) is 5.71. The summed E-state index contributed by atoms with van der Waals surface area (Å²) in [5, 5.41) is 0. The molecule has 7 heteroatoms. The Morgan fingerprint density at radius 1 is 1.14 bits per heavy atom. The lowest BCUT2D eigenvalue weighted by Gasteiger charge is -2.34. The van der Waals surface area contributed by atoms with Crippen LogP contribution in [0.5, 0.6) is 0 Å². The average molecular weight is 383 g/mol. The number of piperidine rings is 1. The Hall–Kier alpha value is -2.54. The molecule has 0 spiro atoms. The van der Waals surface area contributed by atoms with Crippen LogP contribution in [-0.2, 0) is 4.79 Å². The number of anilines is 1. The highest BCUT2D eigenvalue weighted by molar-refractivity contribution is 5.78. The molecule has 2 N–H and O–H groups in total. The van der Waals surface area contributed by atoms with E-state index >= 15 is 0 Å². The molecule has 0 unspecified atom stereocenters. The maximum absolute atomic E-state index is 13.3.